The van der Waals surface area contributed by atoms with E-state index in [2.05, 4.69) is 28.8 Å². The molecule has 2 heterocycles. The number of thiocarbonyl (C=S) groups is 1. The van der Waals surface area contributed by atoms with Crippen molar-refractivity contribution in [3.8, 4) is 0 Å². The van der Waals surface area contributed by atoms with Crippen LogP contribution in [0.3, 0.4) is 0 Å². The van der Waals surface area contributed by atoms with Crippen LogP contribution >= 0.6 is 47.2 Å². The zero-order valence-corrected chi connectivity index (χ0v) is 16.9. The normalized spacial score (nSPS) is 21.2. The summed E-state index contributed by atoms with van der Waals surface area (Å²) in [5.74, 6) is 1.91. The van der Waals surface area contributed by atoms with Gasteiger partial charge in [-0.2, -0.15) is 11.8 Å². The van der Waals surface area contributed by atoms with Crippen LogP contribution in [0.15, 0.2) is 65.4 Å². The Hall–Kier alpha value is -1.46. The third-order valence-corrected chi connectivity index (χ3v) is 6.19. The maximum Gasteiger partial charge on any atom is 0.171 e. The fourth-order valence-corrected chi connectivity index (χ4v) is 4.74. The van der Waals surface area contributed by atoms with Gasteiger partial charge in [0.15, 0.2) is 5.11 Å². The van der Waals surface area contributed by atoms with Gasteiger partial charge in [0.1, 0.15) is 0 Å². The van der Waals surface area contributed by atoms with Crippen LogP contribution in [0.2, 0.25) is 10.0 Å². The van der Waals surface area contributed by atoms with Crippen molar-refractivity contribution in [1.82, 2.24) is 10.6 Å². The minimum absolute atomic E-state index is 0.0671. The second-order valence-corrected chi connectivity index (χ2v) is 8.46. The van der Waals surface area contributed by atoms with E-state index in [0.29, 0.717) is 5.11 Å². The Kier molecular flexibility index (Phi) is 5.28. The van der Waals surface area contributed by atoms with Gasteiger partial charge in [-0.25, -0.2) is 0 Å². The zero-order chi connectivity index (χ0) is 18.1. The van der Waals surface area contributed by atoms with Crippen LogP contribution in [0.25, 0.3) is 6.08 Å². The summed E-state index contributed by atoms with van der Waals surface area (Å²) in [6.07, 6.45) is 2.21. The molecular weight excluding hydrogens is 403 g/mol. The number of thioether (sulfide) groups is 1. The molecule has 2 N–H and O–H groups in total. The van der Waals surface area contributed by atoms with Gasteiger partial charge in [0, 0.05) is 27.2 Å². The molecule has 2 nitrogen and oxygen atoms in total. The molecule has 2 aromatic carbocycles. The largest absolute Gasteiger partial charge is 0.352 e. The molecule has 0 aromatic heterocycles. The van der Waals surface area contributed by atoms with Crippen LogP contribution in [0.4, 0.5) is 0 Å². The first-order chi connectivity index (χ1) is 12.6. The number of hydrogen-bond acceptors (Lipinski definition) is 2. The van der Waals surface area contributed by atoms with E-state index in [0.717, 1.165) is 32.8 Å². The molecule has 6 heteroatoms. The quantitative estimate of drug-likeness (QED) is 0.619. The van der Waals surface area contributed by atoms with E-state index in [4.69, 9.17) is 35.4 Å². The van der Waals surface area contributed by atoms with Gasteiger partial charge in [0.2, 0.25) is 0 Å². The summed E-state index contributed by atoms with van der Waals surface area (Å²) in [7, 11) is 0. The van der Waals surface area contributed by atoms with Gasteiger partial charge in [0.05, 0.1) is 6.04 Å². The molecule has 0 unspecified atom stereocenters. The Morgan fingerprint density at radius 1 is 0.962 bits per heavy atom. The molecule has 0 spiro atoms. The lowest BCUT2D eigenvalue weighted by molar-refractivity contribution is 0.694. The van der Waals surface area contributed by atoms with E-state index < -0.39 is 0 Å². The van der Waals surface area contributed by atoms with Crippen molar-refractivity contribution in [1.29, 1.82) is 0 Å². The highest BCUT2D eigenvalue weighted by Crippen LogP contribution is 2.37. The summed E-state index contributed by atoms with van der Waals surface area (Å²) in [6, 6.07) is 15.9. The summed E-state index contributed by atoms with van der Waals surface area (Å²) >= 11 is 19.4. The van der Waals surface area contributed by atoms with E-state index in [1.165, 1.54) is 16.7 Å². The van der Waals surface area contributed by atoms with Crippen molar-refractivity contribution in [3.05, 3.63) is 86.5 Å². The van der Waals surface area contributed by atoms with Crippen LogP contribution in [-0.2, 0) is 0 Å². The van der Waals surface area contributed by atoms with Crippen molar-refractivity contribution < 1.29 is 0 Å². The van der Waals surface area contributed by atoms with E-state index >= 15 is 0 Å². The summed E-state index contributed by atoms with van der Waals surface area (Å²) in [5, 5.41) is 8.91. The second-order valence-electron chi connectivity index (χ2n) is 6.20. The van der Waals surface area contributed by atoms with Gasteiger partial charge in [0.25, 0.3) is 0 Å². The molecule has 1 atom stereocenters. The zero-order valence-electron chi connectivity index (χ0n) is 13.8. The number of benzene rings is 2. The highest BCUT2D eigenvalue weighted by molar-refractivity contribution is 7.99. The van der Waals surface area contributed by atoms with Gasteiger partial charge in [-0.05, 0) is 64.8 Å². The molecule has 0 saturated heterocycles. The third-order valence-electron chi connectivity index (χ3n) is 4.43. The Morgan fingerprint density at radius 2 is 1.62 bits per heavy atom. The van der Waals surface area contributed by atoms with Crippen LogP contribution in [-0.4, -0.2) is 16.6 Å². The van der Waals surface area contributed by atoms with Crippen molar-refractivity contribution in [2.75, 3.05) is 11.5 Å². The van der Waals surface area contributed by atoms with Gasteiger partial charge < -0.3 is 10.6 Å². The van der Waals surface area contributed by atoms with Crippen LogP contribution in [0.1, 0.15) is 17.2 Å². The molecule has 2 aliphatic rings. The number of rotatable bonds is 2. The summed E-state index contributed by atoms with van der Waals surface area (Å²) < 4.78 is 0. The molecule has 0 amide bonds. The first-order valence-corrected chi connectivity index (χ1v) is 10.5. The van der Waals surface area contributed by atoms with Crippen LogP contribution < -0.4 is 10.6 Å². The first kappa shape index (κ1) is 17.9. The lowest BCUT2D eigenvalue weighted by Crippen LogP contribution is -2.45. The molecule has 132 valence electrons. The molecule has 0 radical (unpaired) electrons. The molecule has 0 bridgehead atoms. The molecule has 4 rings (SSSR count). The Labute approximate surface area is 172 Å². The van der Waals surface area contributed by atoms with Crippen molar-refractivity contribution in [2.24, 2.45) is 0 Å². The average molecular weight is 419 g/mol. The molecular formula is C20H16Cl2N2S2. The summed E-state index contributed by atoms with van der Waals surface area (Å²) in [6.45, 7) is 0. The maximum absolute atomic E-state index is 6.05. The third kappa shape index (κ3) is 3.79. The number of hydrogen-bond donors (Lipinski definition) is 2. The van der Waals surface area contributed by atoms with Crippen molar-refractivity contribution in [3.63, 3.8) is 0 Å². The van der Waals surface area contributed by atoms with E-state index in [1.807, 2.05) is 48.2 Å². The number of allylic oxidation sites excluding steroid dienone is 1. The molecule has 2 aliphatic heterocycles. The number of halogens is 2. The minimum Gasteiger partial charge on any atom is -0.352 e. The smallest absolute Gasteiger partial charge is 0.171 e. The van der Waals surface area contributed by atoms with Crippen LogP contribution in [0, 0.1) is 0 Å². The van der Waals surface area contributed by atoms with E-state index in [1.54, 1.807) is 0 Å². The fourth-order valence-electron chi connectivity index (χ4n) is 3.19. The van der Waals surface area contributed by atoms with Gasteiger partial charge in [-0.1, -0.05) is 47.5 Å². The predicted molar refractivity (Wildman–Crippen MR) is 117 cm³/mol. The molecule has 26 heavy (non-hydrogen) atoms. The van der Waals surface area contributed by atoms with Crippen LogP contribution in [0.5, 0.6) is 0 Å². The Balaban J connectivity index is 1.75. The van der Waals surface area contributed by atoms with Crippen molar-refractivity contribution >= 4 is 58.4 Å². The lowest BCUT2D eigenvalue weighted by atomic mass is 9.93. The monoisotopic (exact) mass is 418 g/mol. The Bertz CT molecular complexity index is 902. The molecule has 2 aromatic rings. The summed E-state index contributed by atoms with van der Waals surface area (Å²) in [4.78, 5) is 0. The topological polar surface area (TPSA) is 24.1 Å². The predicted octanol–water partition coefficient (Wildman–Crippen LogP) is 5.60. The molecule has 0 aliphatic carbocycles. The fraction of sp³-hybridized carbons (Fsp3) is 0.150. The minimum atomic E-state index is 0.0671. The van der Waals surface area contributed by atoms with E-state index in [9.17, 15) is 0 Å². The average Bonchev–Trinajstić information content (AvgIpc) is 2.64. The van der Waals surface area contributed by atoms with Gasteiger partial charge in [-0.3, -0.25) is 0 Å². The lowest BCUT2D eigenvalue weighted by Gasteiger charge is -2.35. The van der Waals surface area contributed by atoms with Gasteiger partial charge in [-0.15, -0.1) is 0 Å². The highest BCUT2D eigenvalue weighted by Gasteiger charge is 2.30. The maximum atomic E-state index is 6.05. The Morgan fingerprint density at radius 3 is 2.31 bits per heavy atom. The molecule has 0 saturated carbocycles. The van der Waals surface area contributed by atoms with E-state index in [-0.39, 0.29) is 6.04 Å². The van der Waals surface area contributed by atoms with Crippen molar-refractivity contribution in [2.45, 2.75) is 6.04 Å². The SMILES string of the molecule is S=C1NC2=C(CSC/C2=C\c2ccc(Cl)cc2)[C@@H](c2ccc(Cl)cc2)N1. The molecule has 0 fully saturated rings. The first-order valence-electron chi connectivity index (χ1n) is 8.20. The summed E-state index contributed by atoms with van der Waals surface area (Å²) in [5.41, 5.74) is 6.01. The highest BCUT2D eigenvalue weighted by atomic mass is 35.5. The van der Waals surface area contributed by atoms with Gasteiger partial charge >= 0.3 is 0 Å². The standard InChI is InChI=1S/C20H16Cl2N2S2/c21-15-5-1-12(2-6-15)9-14-10-26-11-17-18(23-20(25)24-19(14)17)13-3-7-16(22)8-4-13/h1-9,18H,10-11H2,(H2,23,24,25)/b14-9+/t18-/m1/s1. The second kappa shape index (κ2) is 7.65. The number of nitrogens with one attached hydrogen (secondary N) is 2.